The number of halogens is 8. The Balaban J connectivity index is 0.00000408. The second-order valence-electron chi connectivity index (χ2n) is 8.22. The Kier molecular flexibility index (Phi) is 8.63. The standard InChI is InChI=1S/C23H23F7N2O.ClH/c1-13-10-16(24)8-9-17(13)19-18(21(33)31-2)15(11-14-6-4-3-5-7-14)12-32(23(28,29)30)20(19)22(25,26)27;/h3-10,15,18-20H,11-12H2,1-2H3,(H,31,33);1H. The average molecular weight is 513 g/mol. The fraction of sp³-hybridized carbons (Fsp3) is 0.435. The van der Waals surface area contributed by atoms with Crippen LogP contribution in [0.4, 0.5) is 30.7 Å². The highest BCUT2D eigenvalue weighted by Crippen LogP contribution is 2.50. The quantitative estimate of drug-likeness (QED) is 0.425. The molecule has 0 saturated carbocycles. The van der Waals surface area contributed by atoms with Crippen LogP contribution >= 0.6 is 12.4 Å². The molecule has 1 fully saturated rings. The predicted molar refractivity (Wildman–Crippen MR) is 115 cm³/mol. The molecule has 1 heterocycles. The van der Waals surface area contributed by atoms with E-state index >= 15 is 0 Å². The molecule has 11 heteroatoms. The van der Waals surface area contributed by atoms with Gasteiger partial charge in [0.2, 0.25) is 5.91 Å². The van der Waals surface area contributed by atoms with E-state index in [0.717, 1.165) is 18.2 Å². The molecule has 0 bridgehead atoms. The summed E-state index contributed by atoms with van der Waals surface area (Å²) in [6.45, 7) is 0.322. The van der Waals surface area contributed by atoms with Gasteiger partial charge in [-0.1, -0.05) is 36.4 Å². The van der Waals surface area contributed by atoms with Gasteiger partial charge in [0.05, 0.1) is 5.92 Å². The summed E-state index contributed by atoms with van der Waals surface area (Å²) in [5.41, 5.74) is 0.503. The summed E-state index contributed by atoms with van der Waals surface area (Å²) in [4.78, 5) is 12.4. The first-order valence-corrected chi connectivity index (χ1v) is 10.3. The van der Waals surface area contributed by atoms with Gasteiger partial charge >= 0.3 is 12.5 Å². The van der Waals surface area contributed by atoms with Crippen molar-refractivity contribution in [3.63, 3.8) is 0 Å². The molecular weight excluding hydrogens is 489 g/mol. The van der Waals surface area contributed by atoms with E-state index in [4.69, 9.17) is 0 Å². The molecule has 0 aliphatic carbocycles. The molecule has 0 aromatic heterocycles. The maximum Gasteiger partial charge on any atom is 0.460 e. The zero-order valence-electron chi connectivity index (χ0n) is 18.3. The fourth-order valence-electron chi connectivity index (χ4n) is 4.83. The Hall–Kier alpha value is -2.33. The normalized spacial score (nSPS) is 23.8. The van der Waals surface area contributed by atoms with Gasteiger partial charge in [-0.25, -0.2) is 9.29 Å². The molecule has 1 aliphatic rings. The number of rotatable bonds is 4. The van der Waals surface area contributed by atoms with Crippen molar-refractivity contribution < 1.29 is 35.5 Å². The maximum atomic E-state index is 14.2. The third-order valence-electron chi connectivity index (χ3n) is 6.14. The summed E-state index contributed by atoms with van der Waals surface area (Å²) in [6.07, 6.45) is -10.6. The van der Waals surface area contributed by atoms with Crippen LogP contribution in [0.15, 0.2) is 48.5 Å². The lowest BCUT2D eigenvalue weighted by Gasteiger charge is -2.49. The van der Waals surface area contributed by atoms with Crippen molar-refractivity contribution in [3.05, 3.63) is 71.0 Å². The first-order valence-electron chi connectivity index (χ1n) is 10.3. The molecule has 4 atom stereocenters. The Labute approximate surface area is 198 Å². The van der Waals surface area contributed by atoms with E-state index in [2.05, 4.69) is 5.32 Å². The zero-order chi connectivity index (χ0) is 24.6. The Morgan fingerprint density at radius 3 is 2.18 bits per heavy atom. The van der Waals surface area contributed by atoms with Crippen LogP contribution in [0.2, 0.25) is 0 Å². The van der Waals surface area contributed by atoms with Crippen LogP contribution in [0.1, 0.15) is 22.6 Å². The lowest BCUT2D eigenvalue weighted by Crippen LogP contribution is -2.64. The molecule has 0 spiro atoms. The smallest absolute Gasteiger partial charge is 0.359 e. The van der Waals surface area contributed by atoms with Gasteiger partial charge in [-0.05, 0) is 48.1 Å². The van der Waals surface area contributed by atoms with Crippen molar-refractivity contribution in [1.82, 2.24) is 10.2 Å². The second kappa shape index (κ2) is 10.5. The van der Waals surface area contributed by atoms with Crippen molar-refractivity contribution in [3.8, 4) is 0 Å². The number of benzene rings is 2. The number of alkyl halides is 6. The predicted octanol–water partition coefficient (Wildman–Crippen LogP) is 5.63. The van der Waals surface area contributed by atoms with Gasteiger partial charge in [-0.15, -0.1) is 12.4 Å². The van der Waals surface area contributed by atoms with Crippen molar-refractivity contribution in [2.24, 2.45) is 11.8 Å². The molecule has 0 radical (unpaired) electrons. The van der Waals surface area contributed by atoms with Crippen molar-refractivity contribution >= 4 is 18.3 Å². The average Bonchev–Trinajstić information content (AvgIpc) is 2.71. The minimum atomic E-state index is -5.30. The van der Waals surface area contributed by atoms with Gasteiger partial charge in [0.1, 0.15) is 11.9 Å². The van der Waals surface area contributed by atoms with Crippen LogP contribution in [-0.2, 0) is 11.2 Å². The van der Waals surface area contributed by atoms with Gasteiger partial charge in [0, 0.05) is 19.5 Å². The van der Waals surface area contributed by atoms with E-state index < -0.39 is 59.4 Å². The molecular formula is C23H24ClF7N2O. The number of aryl methyl sites for hydroxylation is 1. The van der Waals surface area contributed by atoms with E-state index in [0.29, 0.717) is 5.56 Å². The topological polar surface area (TPSA) is 32.3 Å². The Morgan fingerprint density at radius 1 is 1.06 bits per heavy atom. The van der Waals surface area contributed by atoms with Crippen molar-refractivity contribution in [1.29, 1.82) is 0 Å². The van der Waals surface area contributed by atoms with E-state index in [1.807, 2.05) is 0 Å². The molecule has 3 nitrogen and oxygen atoms in total. The van der Waals surface area contributed by atoms with Crippen molar-refractivity contribution in [2.75, 3.05) is 13.6 Å². The van der Waals surface area contributed by atoms with Crippen LogP contribution in [-0.4, -0.2) is 42.9 Å². The molecule has 3 rings (SSSR count). The number of hydrogen-bond acceptors (Lipinski definition) is 2. The molecule has 2 aromatic rings. The summed E-state index contributed by atoms with van der Waals surface area (Å²) in [6, 6.07) is 8.22. The minimum absolute atomic E-state index is 0. The SMILES string of the molecule is CNC(=O)C1C(Cc2ccccc2)CN(C(F)(F)F)C(C(F)(F)F)C1c1ccc(F)cc1C.Cl. The lowest BCUT2D eigenvalue weighted by atomic mass is 9.67. The first kappa shape index (κ1) is 27.9. The minimum Gasteiger partial charge on any atom is -0.359 e. The number of piperidine rings is 1. The first-order chi connectivity index (χ1) is 15.3. The second-order valence-corrected chi connectivity index (χ2v) is 8.22. The Morgan fingerprint density at radius 2 is 1.68 bits per heavy atom. The van der Waals surface area contributed by atoms with E-state index in [1.165, 1.54) is 14.0 Å². The monoisotopic (exact) mass is 512 g/mol. The summed E-state index contributed by atoms with van der Waals surface area (Å²) < 4.78 is 98.2. The highest BCUT2D eigenvalue weighted by atomic mass is 35.5. The summed E-state index contributed by atoms with van der Waals surface area (Å²) in [5.74, 6) is -5.93. The zero-order valence-corrected chi connectivity index (χ0v) is 19.1. The molecule has 188 valence electrons. The lowest BCUT2D eigenvalue weighted by molar-refractivity contribution is -0.318. The van der Waals surface area contributed by atoms with Crippen LogP contribution < -0.4 is 5.32 Å². The molecule has 2 aromatic carbocycles. The van der Waals surface area contributed by atoms with Crippen LogP contribution in [0.5, 0.6) is 0 Å². The molecule has 4 unspecified atom stereocenters. The van der Waals surface area contributed by atoms with Gasteiger partial charge in [0.15, 0.2) is 0 Å². The third-order valence-corrected chi connectivity index (χ3v) is 6.14. The molecule has 1 amide bonds. The largest absolute Gasteiger partial charge is 0.460 e. The number of carbonyl (C=O) groups is 1. The molecule has 1 saturated heterocycles. The van der Waals surface area contributed by atoms with Crippen molar-refractivity contribution in [2.45, 2.75) is 37.8 Å². The number of hydrogen-bond donors (Lipinski definition) is 1. The molecule has 34 heavy (non-hydrogen) atoms. The number of likely N-dealkylation sites (tertiary alicyclic amines) is 1. The highest BCUT2D eigenvalue weighted by molar-refractivity contribution is 5.85. The number of nitrogens with zero attached hydrogens (tertiary/aromatic N) is 1. The van der Waals surface area contributed by atoms with Gasteiger partial charge in [0.25, 0.3) is 0 Å². The number of carbonyl (C=O) groups excluding carboxylic acids is 1. The van der Waals surface area contributed by atoms with E-state index in [1.54, 1.807) is 30.3 Å². The maximum absolute atomic E-state index is 14.2. The Bertz CT molecular complexity index is 982. The van der Waals surface area contributed by atoms with E-state index in [9.17, 15) is 35.5 Å². The highest BCUT2D eigenvalue weighted by Gasteiger charge is 2.63. The van der Waals surface area contributed by atoms with Gasteiger partial charge in [-0.3, -0.25) is 4.79 Å². The third kappa shape index (κ3) is 5.83. The summed E-state index contributed by atoms with van der Waals surface area (Å²) in [5, 5.41) is 2.33. The van der Waals surface area contributed by atoms with Gasteiger partial charge in [-0.2, -0.15) is 26.3 Å². The van der Waals surface area contributed by atoms with Gasteiger partial charge < -0.3 is 5.32 Å². The molecule has 1 aliphatic heterocycles. The van der Waals surface area contributed by atoms with Crippen LogP contribution in [0.25, 0.3) is 0 Å². The molecule has 1 N–H and O–H groups in total. The summed E-state index contributed by atoms with van der Waals surface area (Å²) >= 11 is 0. The van der Waals surface area contributed by atoms with E-state index in [-0.39, 0.29) is 30.0 Å². The number of nitrogens with one attached hydrogen (secondary N) is 1. The van der Waals surface area contributed by atoms with Crippen LogP contribution in [0, 0.1) is 24.6 Å². The van der Waals surface area contributed by atoms with Crippen LogP contribution in [0.3, 0.4) is 0 Å². The summed E-state index contributed by atoms with van der Waals surface area (Å²) in [7, 11) is 1.23. The fourth-order valence-corrected chi connectivity index (χ4v) is 4.83. The number of amides is 1.